The molecule has 2 nitrogen and oxygen atoms in total. The normalized spacial score (nSPS) is 17.5. The Balaban J connectivity index is 1.60. The van der Waals surface area contributed by atoms with Gasteiger partial charge in [-0.3, -0.25) is 0 Å². The molecular formula is C18H20FNO. The highest BCUT2D eigenvalue weighted by Gasteiger charge is 2.19. The van der Waals surface area contributed by atoms with Gasteiger partial charge in [-0.05, 0) is 73.2 Å². The van der Waals surface area contributed by atoms with Gasteiger partial charge in [0.15, 0.2) is 0 Å². The van der Waals surface area contributed by atoms with Crippen LogP contribution in [0.25, 0.3) is 0 Å². The summed E-state index contributed by atoms with van der Waals surface area (Å²) in [6.45, 7) is 0.872. The number of halogens is 1. The summed E-state index contributed by atoms with van der Waals surface area (Å²) in [6, 6.07) is 12.7. The van der Waals surface area contributed by atoms with Gasteiger partial charge in [0, 0.05) is 6.04 Å². The second kappa shape index (κ2) is 6.27. The van der Waals surface area contributed by atoms with Gasteiger partial charge >= 0.3 is 0 Å². The van der Waals surface area contributed by atoms with Crippen molar-refractivity contribution < 1.29 is 9.50 Å². The van der Waals surface area contributed by atoms with Crippen LogP contribution >= 0.6 is 0 Å². The molecule has 0 aliphatic heterocycles. The van der Waals surface area contributed by atoms with Crippen LogP contribution in [-0.2, 0) is 12.8 Å². The second-order valence-electron chi connectivity index (χ2n) is 5.66. The fraction of sp³-hybridized carbons (Fsp3) is 0.333. The maximum Gasteiger partial charge on any atom is 0.123 e. The Morgan fingerprint density at radius 3 is 2.76 bits per heavy atom. The summed E-state index contributed by atoms with van der Waals surface area (Å²) in [5.41, 5.74) is 3.70. The van der Waals surface area contributed by atoms with Crippen LogP contribution in [0.2, 0.25) is 0 Å². The molecule has 0 saturated carbocycles. The summed E-state index contributed by atoms with van der Waals surface area (Å²) in [6.07, 6.45) is 4.20. The van der Waals surface area contributed by atoms with E-state index < -0.39 is 0 Å². The van der Waals surface area contributed by atoms with Crippen LogP contribution < -0.4 is 5.32 Å². The summed E-state index contributed by atoms with van der Waals surface area (Å²) in [7, 11) is 0. The van der Waals surface area contributed by atoms with Crippen LogP contribution in [0.1, 0.15) is 35.6 Å². The van der Waals surface area contributed by atoms with E-state index in [-0.39, 0.29) is 5.82 Å². The fourth-order valence-electron chi connectivity index (χ4n) is 3.05. The highest BCUT2D eigenvalue weighted by Crippen LogP contribution is 2.31. The van der Waals surface area contributed by atoms with Gasteiger partial charge in [0.25, 0.3) is 0 Å². The number of hydrogen-bond donors (Lipinski definition) is 2. The quantitative estimate of drug-likeness (QED) is 0.897. The van der Waals surface area contributed by atoms with Gasteiger partial charge in [-0.15, -0.1) is 0 Å². The Morgan fingerprint density at radius 2 is 1.95 bits per heavy atom. The fourth-order valence-corrected chi connectivity index (χ4v) is 3.05. The molecule has 1 aliphatic carbocycles. The van der Waals surface area contributed by atoms with Gasteiger partial charge in [-0.1, -0.05) is 18.2 Å². The van der Waals surface area contributed by atoms with Gasteiger partial charge in [0.2, 0.25) is 0 Å². The van der Waals surface area contributed by atoms with E-state index in [2.05, 4.69) is 5.32 Å². The number of nitrogens with one attached hydrogen (secondary N) is 1. The van der Waals surface area contributed by atoms with Crippen molar-refractivity contribution in [3.63, 3.8) is 0 Å². The average Bonchev–Trinajstić information content (AvgIpc) is 2.49. The molecule has 0 spiro atoms. The molecule has 0 fully saturated rings. The van der Waals surface area contributed by atoms with E-state index in [1.165, 1.54) is 23.3 Å². The highest BCUT2D eigenvalue weighted by molar-refractivity contribution is 5.38. The van der Waals surface area contributed by atoms with Gasteiger partial charge < -0.3 is 10.4 Å². The lowest BCUT2D eigenvalue weighted by molar-refractivity contribution is 0.452. The number of fused-ring (bicyclic) bond motifs is 1. The molecule has 2 N–H and O–H groups in total. The number of phenolic OH excluding ortho intramolecular Hbond substituents is 1. The van der Waals surface area contributed by atoms with Crippen LogP contribution in [0.3, 0.4) is 0 Å². The van der Waals surface area contributed by atoms with E-state index in [1.54, 1.807) is 6.07 Å². The molecule has 21 heavy (non-hydrogen) atoms. The van der Waals surface area contributed by atoms with Crippen molar-refractivity contribution in [1.82, 2.24) is 5.32 Å². The molecule has 2 aromatic carbocycles. The minimum atomic E-state index is -0.187. The Hall–Kier alpha value is -1.87. The van der Waals surface area contributed by atoms with Crippen LogP contribution in [0, 0.1) is 5.82 Å². The van der Waals surface area contributed by atoms with Crippen LogP contribution in [0.4, 0.5) is 4.39 Å². The third-order valence-corrected chi connectivity index (χ3v) is 4.16. The van der Waals surface area contributed by atoms with Crippen LogP contribution in [0.15, 0.2) is 42.5 Å². The zero-order valence-corrected chi connectivity index (χ0v) is 12.0. The maximum absolute atomic E-state index is 12.9. The molecule has 0 aromatic heterocycles. The number of benzene rings is 2. The minimum Gasteiger partial charge on any atom is -0.508 e. The molecule has 3 rings (SSSR count). The topological polar surface area (TPSA) is 32.3 Å². The van der Waals surface area contributed by atoms with Crippen LogP contribution in [-0.4, -0.2) is 11.7 Å². The molecule has 0 radical (unpaired) electrons. The summed E-state index contributed by atoms with van der Waals surface area (Å²) >= 11 is 0. The van der Waals surface area contributed by atoms with E-state index in [9.17, 15) is 9.50 Å². The average molecular weight is 285 g/mol. The lowest BCUT2D eigenvalue weighted by Crippen LogP contribution is -2.27. The Kier molecular flexibility index (Phi) is 4.20. The second-order valence-corrected chi connectivity index (χ2v) is 5.66. The predicted octanol–water partition coefficient (Wildman–Crippen LogP) is 3.74. The van der Waals surface area contributed by atoms with Gasteiger partial charge in [0.1, 0.15) is 11.6 Å². The van der Waals surface area contributed by atoms with Gasteiger partial charge in [-0.25, -0.2) is 4.39 Å². The Labute approximate surface area is 124 Å². The first kappa shape index (κ1) is 14.1. The molecule has 1 atom stereocenters. The zero-order valence-electron chi connectivity index (χ0n) is 12.0. The van der Waals surface area contributed by atoms with E-state index in [0.717, 1.165) is 37.8 Å². The first-order valence-corrected chi connectivity index (χ1v) is 7.52. The van der Waals surface area contributed by atoms with Crippen molar-refractivity contribution in [3.05, 3.63) is 65.0 Å². The number of aromatic hydroxyl groups is 1. The van der Waals surface area contributed by atoms with Crippen molar-refractivity contribution in [3.8, 4) is 5.75 Å². The molecule has 0 bridgehead atoms. The largest absolute Gasteiger partial charge is 0.508 e. The number of aryl methyl sites for hydroxylation is 1. The lowest BCUT2D eigenvalue weighted by atomic mass is 9.87. The Bertz CT molecular complexity index is 609. The van der Waals surface area contributed by atoms with Crippen molar-refractivity contribution in [2.24, 2.45) is 0 Å². The molecule has 0 saturated heterocycles. The molecule has 0 heterocycles. The van der Waals surface area contributed by atoms with Gasteiger partial charge in [0.05, 0.1) is 0 Å². The zero-order chi connectivity index (χ0) is 14.7. The third kappa shape index (κ3) is 3.42. The first-order valence-electron chi connectivity index (χ1n) is 7.52. The van der Waals surface area contributed by atoms with Gasteiger partial charge in [-0.2, -0.15) is 0 Å². The SMILES string of the molecule is Oc1ccc2c(c1)CCCC2NCCc1ccc(F)cc1. The molecule has 1 aliphatic rings. The minimum absolute atomic E-state index is 0.187. The van der Waals surface area contributed by atoms with E-state index in [4.69, 9.17) is 0 Å². The molecule has 3 heteroatoms. The van der Waals surface area contributed by atoms with Crippen molar-refractivity contribution in [2.75, 3.05) is 6.54 Å². The predicted molar refractivity (Wildman–Crippen MR) is 81.9 cm³/mol. The molecule has 1 unspecified atom stereocenters. The monoisotopic (exact) mass is 285 g/mol. The van der Waals surface area contributed by atoms with Crippen molar-refractivity contribution in [2.45, 2.75) is 31.7 Å². The maximum atomic E-state index is 12.9. The van der Waals surface area contributed by atoms with E-state index in [1.807, 2.05) is 24.3 Å². The summed E-state index contributed by atoms with van der Waals surface area (Å²) in [4.78, 5) is 0. The standard InChI is InChI=1S/C18H20FNO/c19-15-6-4-13(5-7-15)10-11-20-18-3-1-2-14-12-16(21)8-9-17(14)18/h4-9,12,18,20-21H,1-3,10-11H2. The first-order chi connectivity index (χ1) is 10.2. The number of rotatable bonds is 4. The van der Waals surface area contributed by atoms with Crippen LogP contribution in [0.5, 0.6) is 5.75 Å². The van der Waals surface area contributed by atoms with Crippen molar-refractivity contribution >= 4 is 0 Å². The summed E-state index contributed by atoms with van der Waals surface area (Å²) in [5, 5.41) is 13.2. The Morgan fingerprint density at radius 1 is 1.14 bits per heavy atom. The summed E-state index contributed by atoms with van der Waals surface area (Å²) < 4.78 is 12.9. The molecule has 0 amide bonds. The third-order valence-electron chi connectivity index (χ3n) is 4.16. The van der Waals surface area contributed by atoms with E-state index in [0.29, 0.717) is 11.8 Å². The smallest absolute Gasteiger partial charge is 0.123 e. The summed E-state index contributed by atoms with van der Waals surface area (Å²) in [5.74, 6) is 0.161. The molecular weight excluding hydrogens is 265 g/mol. The molecule has 110 valence electrons. The molecule has 2 aromatic rings. The number of hydrogen-bond acceptors (Lipinski definition) is 2. The number of phenols is 1. The van der Waals surface area contributed by atoms with E-state index >= 15 is 0 Å². The lowest BCUT2D eigenvalue weighted by Gasteiger charge is -2.26. The highest BCUT2D eigenvalue weighted by atomic mass is 19.1. The van der Waals surface area contributed by atoms with Crippen molar-refractivity contribution in [1.29, 1.82) is 0 Å².